The number of nitrogens with one attached hydrogen (secondary N) is 1. The van der Waals surface area contributed by atoms with Gasteiger partial charge < -0.3 is 15.3 Å². The lowest BCUT2D eigenvalue weighted by molar-refractivity contribution is -0.137. The van der Waals surface area contributed by atoms with Crippen molar-refractivity contribution in [3.8, 4) is 6.07 Å². The second-order valence-electron chi connectivity index (χ2n) is 6.04. The van der Waals surface area contributed by atoms with Crippen molar-refractivity contribution in [3.05, 3.63) is 11.8 Å². The van der Waals surface area contributed by atoms with Crippen molar-refractivity contribution in [1.82, 2.24) is 10.2 Å². The van der Waals surface area contributed by atoms with Gasteiger partial charge in [-0.05, 0) is 25.7 Å². The number of nitrogens with zero attached hydrogens (tertiary/aromatic N) is 2. The highest BCUT2D eigenvalue weighted by molar-refractivity contribution is 5.97. The van der Waals surface area contributed by atoms with Crippen molar-refractivity contribution < 1.29 is 14.7 Å². The number of likely N-dealkylation sites (N-methyl/N-ethyl adjacent to an activating group) is 1. The average molecular weight is 321 g/mol. The van der Waals surface area contributed by atoms with Crippen LogP contribution in [0.25, 0.3) is 0 Å². The summed E-state index contributed by atoms with van der Waals surface area (Å²) in [7, 11) is 1.77. The molecular formula is C17H27N3O3. The number of amides is 1. The Balaban J connectivity index is 2.34. The van der Waals surface area contributed by atoms with Crippen molar-refractivity contribution in [1.29, 1.82) is 5.26 Å². The highest BCUT2D eigenvalue weighted by Crippen LogP contribution is 2.22. The summed E-state index contributed by atoms with van der Waals surface area (Å²) in [6.45, 7) is 0.630. The van der Waals surface area contributed by atoms with Gasteiger partial charge in [0.25, 0.3) is 5.91 Å². The van der Waals surface area contributed by atoms with Crippen LogP contribution in [0, 0.1) is 11.3 Å². The van der Waals surface area contributed by atoms with E-state index in [1.54, 1.807) is 11.9 Å². The maximum absolute atomic E-state index is 12.3. The molecule has 0 radical (unpaired) electrons. The molecule has 0 unspecified atom stereocenters. The molecule has 0 saturated heterocycles. The summed E-state index contributed by atoms with van der Waals surface area (Å²) in [5.41, 5.74) is 0.128. The number of nitriles is 1. The lowest BCUT2D eigenvalue weighted by Crippen LogP contribution is -2.39. The zero-order valence-electron chi connectivity index (χ0n) is 13.9. The summed E-state index contributed by atoms with van der Waals surface area (Å²) in [5.74, 6) is -1.00. The zero-order chi connectivity index (χ0) is 17.1. The fourth-order valence-electron chi connectivity index (χ4n) is 2.82. The van der Waals surface area contributed by atoms with Crippen molar-refractivity contribution in [2.45, 2.75) is 63.8 Å². The summed E-state index contributed by atoms with van der Waals surface area (Å²) < 4.78 is 0. The Hall–Kier alpha value is -2.03. The number of carboxylic acids is 1. The Morgan fingerprint density at radius 1 is 1.26 bits per heavy atom. The van der Waals surface area contributed by atoms with E-state index in [4.69, 9.17) is 5.11 Å². The summed E-state index contributed by atoms with van der Waals surface area (Å²) in [6.07, 6.45) is 9.47. The molecule has 2 N–H and O–H groups in total. The zero-order valence-corrected chi connectivity index (χ0v) is 13.9. The molecule has 1 saturated carbocycles. The quantitative estimate of drug-likeness (QED) is 0.386. The SMILES string of the molecule is CN(C(=O)/C(C#N)=C\NCCCCCC(=O)O)C1CCCCC1. The molecule has 1 amide bonds. The van der Waals surface area contributed by atoms with Crippen LogP contribution >= 0.6 is 0 Å². The molecule has 0 heterocycles. The van der Waals surface area contributed by atoms with E-state index in [0.717, 1.165) is 38.5 Å². The summed E-state index contributed by atoms with van der Waals surface area (Å²) in [4.78, 5) is 24.4. The molecule has 0 aliphatic heterocycles. The van der Waals surface area contributed by atoms with Crippen molar-refractivity contribution in [2.75, 3.05) is 13.6 Å². The number of unbranched alkanes of at least 4 members (excludes halogenated alkanes) is 2. The molecule has 1 rings (SSSR count). The molecule has 0 spiro atoms. The first-order valence-corrected chi connectivity index (χ1v) is 8.39. The molecule has 6 nitrogen and oxygen atoms in total. The molecule has 0 aromatic carbocycles. The van der Waals surface area contributed by atoms with Crippen molar-refractivity contribution in [2.24, 2.45) is 0 Å². The van der Waals surface area contributed by atoms with E-state index in [1.165, 1.54) is 12.6 Å². The Morgan fingerprint density at radius 3 is 2.57 bits per heavy atom. The maximum Gasteiger partial charge on any atom is 0.303 e. The topological polar surface area (TPSA) is 93.4 Å². The normalized spacial score (nSPS) is 15.7. The highest BCUT2D eigenvalue weighted by atomic mass is 16.4. The van der Waals surface area contributed by atoms with Crippen molar-refractivity contribution >= 4 is 11.9 Å². The third kappa shape index (κ3) is 7.18. The molecule has 1 aliphatic rings. The molecular weight excluding hydrogens is 294 g/mol. The third-order valence-corrected chi connectivity index (χ3v) is 4.25. The number of hydrogen-bond acceptors (Lipinski definition) is 4. The molecule has 0 bridgehead atoms. The third-order valence-electron chi connectivity index (χ3n) is 4.25. The van der Waals surface area contributed by atoms with Crippen LogP contribution in [0.4, 0.5) is 0 Å². The molecule has 1 aliphatic carbocycles. The summed E-state index contributed by atoms with van der Waals surface area (Å²) in [5, 5.41) is 20.7. The van der Waals surface area contributed by atoms with Gasteiger partial charge in [-0.2, -0.15) is 5.26 Å². The van der Waals surface area contributed by atoms with E-state index in [1.807, 2.05) is 6.07 Å². The van der Waals surface area contributed by atoms with Crippen LogP contribution < -0.4 is 5.32 Å². The first kappa shape index (κ1) is 19.0. The molecule has 0 aromatic heterocycles. The van der Waals surface area contributed by atoms with E-state index < -0.39 is 5.97 Å². The van der Waals surface area contributed by atoms with Gasteiger partial charge >= 0.3 is 5.97 Å². The number of rotatable bonds is 9. The molecule has 1 fully saturated rings. The molecule has 23 heavy (non-hydrogen) atoms. The Morgan fingerprint density at radius 2 is 1.96 bits per heavy atom. The standard InChI is InChI=1S/C17H27N3O3/c1-20(15-8-4-2-5-9-15)17(23)14(12-18)13-19-11-7-3-6-10-16(21)22/h13,15,19H,2-11H2,1H3,(H,21,22)/b14-13-. The second-order valence-corrected chi connectivity index (χ2v) is 6.04. The Labute approximate surface area is 138 Å². The predicted molar refractivity (Wildman–Crippen MR) is 87.4 cm³/mol. The molecule has 6 heteroatoms. The van der Waals surface area contributed by atoms with Crippen LogP contribution in [-0.4, -0.2) is 41.5 Å². The van der Waals surface area contributed by atoms with Crippen LogP contribution in [-0.2, 0) is 9.59 Å². The van der Waals surface area contributed by atoms with Gasteiger partial charge in [-0.25, -0.2) is 0 Å². The Kier molecular flexibility index (Phi) is 8.81. The van der Waals surface area contributed by atoms with Gasteiger partial charge in [-0.15, -0.1) is 0 Å². The van der Waals surface area contributed by atoms with E-state index in [9.17, 15) is 14.9 Å². The van der Waals surface area contributed by atoms with Gasteiger partial charge in [0, 0.05) is 32.3 Å². The van der Waals surface area contributed by atoms with E-state index in [-0.39, 0.29) is 23.9 Å². The van der Waals surface area contributed by atoms with Crippen molar-refractivity contribution in [3.63, 3.8) is 0 Å². The smallest absolute Gasteiger partial charge is 0.303 e. The maximum atomic E-state index is 12.3. The number of carboxylic acid groups (broad SMARTS) is 1. The Bertz CT molecular complexity index is 462. The number of carbonyl (C=O) groups excluding carboxylic acids is 1. The van der Waals surface area contributed by atoms with Gasteiger partial charge in [0.1, 0.15) is 11.6 Å². The lowest BCUT2D eigenvalue weighted by atomic mass is 9.94. The number of hydrogen-bond donors (Lipinski definition) is 2. The van der Waals surface area contributed by atoms with Crippen LogP contribution in [0.15, 0.2) is 11.8 Å². The molecule has 128 valence electrons. The van der Waals surface area contributed by atoms with Crippen LogP contribution in [0.2, 0.25) is 0 Å². The predicted octanol–water partition coefficient (Wildman–Crippen LogP) is 2.42. The van der Waals surface area contributed by atoms with Crippen LogP contribution in [0.1, 0.15) is 57.8 Å². The van der Waals surface area contributed by atoms with Gasteiger partial charge in [0.15, 0.2) is 0 Å². The first-order valence-electron chi connectivity index (χ1n) is 8.39. The summed E-state index contributed by atoms with van der Waals surface area (Å²) in [6, 6.07) is 2.21. The van der Waals surface area contributed by atoms with E-state index in [2.05, 4.69) is 5.32 Å². The lowest BCUT2D eigenvalue weighted by Gasteiger charge is -2.31. The highest BCUT2D eigenvalue weighted by Gasteiger charge is 2.24. The van der Waals surface area contributed by atoms with Gasteiger partial charge in [0.2, 0.25) is 0 Å². The second kappa shape index (κ2) is 10.7. The number of aliphatic carboxylic acids is 1. The minimum absolute atomic E-state index is 0.128. The fraction of sp³-hybridized carbons (Fsp3) is 0.706. The minimum Gasteiger partial charge on any atom is -0.481 e. The fourth-order valence-corrected chi connectivity index (χ4v) is 2.82. The average Bonchev–Trinajstić information content (AvgIpc) is 2.56. The van der Waals surface area contributed by atoms with E-state index >= 15 is 0 Å². The molecule has 0 aromatic rings. The van der Waals surface area contributed by atoms with Crippen LogP contribution in [0.3, 0.4) is 0 Å². The van der Waals surface area contributed by atoms with Gasteiger partial charge in [-0.1, -0.05) is 25.7 Å². The van der Waals surface area contributed by atoms with Crippen LogP contribution in [0.5, 0.6) is 0 Å². The van der Waals surface area contributed by atoms with Gasteiger partial charge in [0.05, 0.1) is 0 Å². The monoisotopic (exact) mass is 321 g/mol. The summed E-state index contributed by atoms with van der Waals surface area (Å²) >= 11 is 0. The van der Waals surface area contributed by atoms with E-state index in [0.29, 0.717) is 13.0 Å². The largest absolute Gasteiger partial charge is 0.481 e. The molecule has 0 atom stereocenters. The minimum atomic E-state index is -0.777. The first-order chi connectivity index (χ1) is 11.1. The van der Waals surface area contributed by atoms with Gasteiger partial charge in [-0.3, -0.25) is 9.59 Å². The number of carbonyl (C=O) groups is 2.